The molecule has 7 heteroatoms. The highest BCUT2D eigenvalue weighted by molar-refractivity contribution is 7.91. The van der Waals surface area contributed by atoms with Crippen molar-refractivity contribution in [3.8, 4) is 0 Å². The molecule has 4 nitrogen and oxygen atoms in total. The Bertz CT molecular complexity index is 665. The van der Waals surface area contributed by atoms with Gasteiger partial charge in [-0.25, -0.2) is 8.42 Å². The molecule has 3 rings (SSSR count). The zero-order valence-corrected chi connectivity index (χ0v) is 15.9. The fraction of sp³-hybridized carbons (Fsp3) is 0.684. The van der Waals surface area contributed by atoms with Crippen LogP contribution in [-0.2, 0) is 9.84 Å². The second-order valence-corrected chi connectivity index (χ2v) is 9.47. The number of sulfone groups is 1. The fourth-order valence-electron chi connectivity index (χ4n) is 4.07. The number of hydrogen-bond acceptors (Lipinski definition) is 4. The summed E-state index contributed by atoms with van der Waals surface area (Å²) in [6, 6.07) is 5.99. The standard InChI is InChI=1S/C19H28F2N2O2S/c20-19(21)26(24,25)18-8-6-16(7-9-18)22-17-10-12-23(13-11-17)14-15-4-2-1-3-5-15/h6-9,15,17,19,22H,1-5,10-14H2. The van der Waals surface area contributed by atoms with Gasteiger partial charge in [-0.15, -0.1) is 0 Å². The normalized spacial score (nSPS) is 21.2. The van der Waals surface area contributed by atoms with Crippen LogP contribution in [0.15, 0.2) is 29.2 Å². The van der Waals surface area contributed by atoms with Gasteiger partial charge in [-0.05, 0) is 55.9 Å². The lowest BCUT2D eigenvalue weighted by atomic mass is 9.88. The SMILES string of the molecule is O=S(=O)(c1ccc(NC2CCN(CC3CCCCC3)CC2)cc1)C(F)F. The topological polar surface area (TPSA) is 49.4 Å². The van der Waals surface area contributed by atoms with Gasteiger partial charge in [-0.2, -0.15) is 8.78 Å². The molecule has 2 aliphatic rings. The van der Waals surface area contributed by atoms with E-state index in [9.17, 15) is 17.2 Å². The van der Waals surface area contributed by atoms with Crippen molar-refractivity contribution in [3.05, 3.63) is 24.3 Å². The van der Waals surface area contributed by atoms with Crippen molar-refractivity contribution in [1.29, 1.82) is 0 Å². The Labute approximate surface area is 154 Å². The number of rotatable bonds is 6. The van der Waals surface area contributed by atoms with Crippen LogP contribution < -0.4 is 5.32 Å². The molecule has 1 N–H and O–H groups in total. The number of alkyl halides is 2. The van der Waals surface area contributed by atoms with Gasteiger partial charge in [-0.1, -0.05) is 19.3 Å². The van der Waals surface area contributed by atoms with E-state index in [1.54, 1.807) is 12.1 Å². The first-order chi connectivity index (χ1) is 12.4. The van der Waals surface area contributed by atoms with Crippen LogP contribution in [0.1, 0.15) is 44.9 Å². The third kappa shape index (κ3) is 4.94. The summed E-state index contributed by atoms with van der Waals surface area (Å²) in [5.41, 5.74) is 0.781. The molecule has 1 aromatic carbocycles. The van der Waals surface area contributed by atoms with Crippen LogP contribution >= 0.6 is 0 Å². The molecular formula is C19H28F2N2O2S. The molecule has 1 aromatic rings. The summed E-state index contributed by atoms with van der Waals surface area (Å²) in [6.07, 6.45) is 8.96. The average molecular weight is 387 g/mol. The number of halogens is 2. The summed E-state index contributed by atoms with van der Waals surface area (Å²) in [7, 11) is -4.52. The van der Waals surface area contributed by atoms with Crippen LogP contribution in [0.3, 0.4) is 0 Å². The van der Waals surface area contributed by atoms with Gasteiger partial charge in [0.15, 0.2) is 0 Å². The van der Waals surface area contributed by atoms with Crippen LogP contribution in [-0.4, -0.2) is 44.8 Å². The van der Waals surface area contributed by atoms with Crippen LogP contribution in [0.2, 0.25) is 0 Å². The molecular weight excluding hydrogens is 358 g/mol. The maximum Gasteiger partial charge on any atom is 0.341 e. The molecule has 0 unspecified atom stereocenters. The van der Waals surface area contributed by atoms with E-state index in [1.165, 1.54) is 50.8 Å². The number of hydrogen-bond donors (Lipinski definition) is 1. The molecule has 0 bridgehead atoms. The lowest BCUT2D eigenvalue weighted by molar-refractivity contribution is 0.168. The molecule has 0 aromatic heterocycles. The van der Waals surface area contributed by atoms with E-state index in [0.29, 0.717) is 6.04 Å². The molecule has 0 radical (unpaired) electrons. The highest BCUT2D eigenvalue weighted by Crippen LogP contribution is 2.26. The summed E-state index contributed by atoms with van der Waals surface area (Å²) in [6.45, 7) is 3.37. The minimum atomic E-state index is -4.52. The highest BCUT2D eigenvalue weighted by atomic mass is 32.2. The summed E-state index contributed by atoms with van der Waals surface area (Å²) < 4.78 is 48.0. The summed E-state index contributed by atoms with van der Waals surface area (Å²) in [5, 5.41) is 3.40. The van der Waals surface area contributed by atoms with Crippen molar-refractivity contribution in [2.45, 2.75) is 61.6 Å². The smallest absolute Gasteiger partial charge is 0.341 e. The fourth-order valence-corrected chi connectivity index (χ4v) is 4.80. The van der Waals surface area contributed by atoms with Crippen LogP contribution in [0.25, 0.3) is 0 Å². The van der Waals surface area contributed by atoms with Crippen molar-refractivity contribution in [2.24, 2.45) is 5.92 Å². The van der Waals surface area contributed by atoms with Gasteiger partial charge < -0.3 is 10.2 Å². The van der Waals surface area contributed by atoms with Gasteiger partial charge in [0.05, 0.1) is 4.90 Å². The molecule has 1 aliphatic heterocycles. The first kappa shape index (κ1) is 19.5. The van der Waals surface area contributed by atoms with E-state index >= 15 is 0 Å². The second kappa shape index (κ2) is 8.65. The van der Waals surface area contributed by atoms with Crippen LogP contribution in [0.4, 0.5) is 14.5 Å². The minimum absolute atomic E-state index is 0.333. The molecule has 1 saturated carbocycles. The third-order valence-corrected chi connectivity index (χ3v) is 7.02. The third-order valence-electron chi connectivity index (χ3n) is 5.62. The molecule has 26 heavy (non-hydrogen) atoms. The van der Waals surface area contributed by atoms with Gasteiger partial charge in [-0.3, -0.25) is 0 Å². The monoisotopic (exact) mass is 386 g/mol. The Balaban J connectivity index is 1.47. The van der Waals surface area contributed by atoms with E-state index in [-0.39, 0.29) is 4.90 Å². The first-order valence-corrected chi connectivity index (χ1v) is 11.1. The molecule has 1 heterocycles. The Kier molecular flexibility index (Phi) is 6.51. The second-order valence-electron chi connectivity index (χ2n) is 7.55. The molecule has 1 saturated heterocycles. The Hall–Kier alpha value is -1.21. The number of benzene rings is 1. The van der Waals surface area contributed by atoms with Crippen molar-refractivity contribution in [1.82, 2.24) is 4.90 Å². The van der Waals surface area contributed by atoms with Crippen molar-refractivity contribution < 1.29 is 17.2 Å². The largest absolute Gasteiger partial charge is 0.382 e. The zero-order valence-electron chi connectivity index (χ0n) is 15.0. The van der Waals surface area contributed by atoms with Crippen LogP contribution in [0, 0.1) is 5.92 Å². The molecule has 1 aliphatic carbocycles. The van der Waals surface area contributed by atoms with Crippen molar-refractivity contribution in [2.75, 3.05) is 25.0 Å². The number of nitrogens with one attached hydrogen (secondary N) is 1. The first-order valence-electron chi connectivity index (χ1n) is 9.56. The minimum Gasteiger partial charge on any atom is -0.382 e. The molecule has 0 spiro atoms. The summed E-state index contributed by atoms with van der Waals surface area (Å²) in [5.74, 6) is -2.52. The Morgan fingerprint density at radius 2 is 1.62 bits per heavy atom. The number of anilines is 1. The van der Waals surface area contributed by atoms with Gasteiger partial charge in [0.2, 0.25) is 9.84 Å². The van der Waals surface area contributed by atoms with E-state index in [1.807, 2.05) is 0 Å². The molecule has 0 amide bonds. The Morgan fingerprint density at radius 3 is 2.19 bits per heavy atom. The summed E-state index contributed by atoms with van der Waals surface area (Å²) in [4.78, 5) is 2.23. The predicted octanol–water partition coefficient (Wildman–Crippen LogP) is 4.14. The molecule has 146 valence electrons. The number of piperidine rings is 1. The van der Waals surface area contributed by atoms with Crippen molar-refractivity contribution in [3.63, 3.8) is 0 Å². The Morgan fingerprint density at radius 1 is 1.00 bits per heavy atom. The van der Waals surface area contributed by atoms with E-state index < -0.39 is 15.6 Å². The van der Waals surface area contributed by atoms with Gasteiger partial charge >= 0.3 is 5.76 Å². The number of nitrogens with zero attached hydrogens (tertiary/aromatic N) is 1. The predicted molar refractivity (Wildman–Crippen MR) is 99.3 cm³/mol. The van der Waals surface area contributed by atoms with Crippen LogP contribution in [0.5, 0.6) is 0 Å². The number of likely N-dealkylation sites (tertiary alicyclic amines) is 1. The molecule has 0 atom stereocenters. The maximum atomic E-state index is 12.6. The van der Waals surface area contributed by atoms with E-state index in [4.69, 9.17) is 0 Å². The highest BCUT2D eigenvalue weighted by Gasteiger charge is 2.26. The lowest BCUT2D eigenvalue weighted by Crippen LogP contribution is -2.41. The van der Waals surface area contributed by atoms with E-state index in [2.05, 4.69) is 10.2 Å². The van der Waals surface area contributed by atoms with Gasteiger partial charge in [0.25, 0.3) is 0 Å². The van der Waals surface area contributed by atoms with Crippen molar-refractivity contribution >= 4 is 15.5 Å². The summed E-state index contributed by atoms with van der Waals surface area (Å²) >= 11 is 0. The van der Waals surface area contributed by atoms with E-state index in [0.717, 1.165) is 37.5 Å². The molecule has 2 fully saturated rings. The zero-order chi connectivity index (χ0) is 18.6. The average Bonchev–Trinajstić information content (AvgIpc) is 2.64. The maximum absolute atomic E-state index is 12.6. The lowest BCUT2D eigenvalue weighted by Gasteiger charge is -2.36. The van der Waals surface area contributed by atoms with Gasteiger partial charge in [0.1, 0.15) is 0 Å². The van der Waals surface area contributed by atoms with Gasteiger partial charge in [0, 0.05) is 31.4 Å². The quantitative estimate of drug-likeness (QED) is 0.798.